The van der Waals surface area contributed by atoms with Gasteiger partial charge in [-0.05, 0) is 23.8 Å². The van der Waals surface area contributed by atoms with Crippen LogP contribution in [0.25, 0.3) is 6.08 Å². The number of benzene rings is 1. The summed E-state index contributed by atoms with van der Waals surface area (Å²) in [6.07, 6.45) is -2.51. The van der Waals surface area contributed by atoms with E-state index in [1.165, 1.54) is 13.2 Å². The van der Waals surface area contributed by atoms with Gasteiger partial charge in [0.05, 0.1) is 19.1 Å². The highest BCUT2D eigenvalue weighted by Crippen LogP contribution is 2.32. The number of halogens is 4. The normalized spacial score (nSPS) is 11.8. The maximum absolute atomic E-state index is 12.9. The lowest BCUT2D eigenvalue weighted by Crippen LogP contribution is -2.07. The minimum Gasteiger partial charge on any atom is -0.469 e. The number of alkyl halides is 3. The Bertz CT molecular complexity index is 464. The zero-order chi connectivity index (χ0) is 13.8. The molecule has 1 rings (SSSR count). The van der Waals surface area contributed by atoms with Crippen LogP contribution in [0, 0.1) is 5.82 Å². The molecule has 2 nitrogen and oxygen atoms in total. The van der Waals surface area contributed by atoms with Gasteiger partial charge in [-0.2, -0.15) is 13.2 Å². The number of hydrogen-bond donors (Lipinski definition) is 0. The second-order valence-electron chi connectivity index (χ2n) is 3.41. The van der Waals surface area contributed by atoms with Gasteiger partial charge in [-0.15, -0.1) is 0 Å². The summed E-state index contributed by atoms with van der Waals surface area (Å²) in [5.41, 5.74) is -1.28. The first-order chi connectivity index (χ1) is 8.34. The van der Waals surface area contributed by atoms with Crippen molar-refractivity contribution in [3.05, 3.63) is 41.2 Å². The molecule has 0 aliphatic carbocycles. The average Bonchev–Trinajstić information content (AvgIpc) is 2.27. The van der Waals surface area contributed by atoms with Crippen molar-refractivity contribution in [3.8, 4) is 0 Å². The van der Waals surface area contributed by atoms with Gasteiger partial charge in [0.1, 0.15) is 5.82 Å². The minimum atomic E-state index is -4.57. The Balaban J connectivity index is 3.00. The van der Waals surface area contributed by atoms with E-state index in [2.05, 4.69) is 4.74 Å². The summed E-state index contributed by atoms with van der Waals surface area (Å²) in [4.78, 5) is 10.8. The summed E-state index contributed by atoms with van der Waals surface area (Å²) in [5.74, 6) is -1.36. The van der Waals surface area contributed by atoms with E-state index in [-0.39, 0.29) is 12.0 Å². The Hall–Kier alpha value is -1.85. The van der Waals surface area contributed by atoms with Crippen LogP contribution in [-0.4, -0.2) is 13.1 Å². The van der Waals surface area contributed by atoms with Gasteiger partial charge in [0.2, 0.25) is 0 Å². The van der Waals surface area contributed by atoms with Gasteiger partial charge in [0, 0.05) is 0 Å². The van der Waals surface area contributed by atoms with Crippen molar-refractivity contribution in [1.29, 1.82) is 0 Å². The Labute approximate surface area is 101 Å². The second kappa shape index (κ2) is 5.66. The Morgan fingerprint density at radius 3 is 2.61 bits per heavy atom. The molecule has 0 aliphatic rings. The topological polar surface area (TPSA) is 26.3 Å². The monoisotopic (exact) mass is 262 g/mol. The fourth-order valence-corrected chi connectivity index (χ4v) is 1.30. The smallest absolute Gasteiger partial charge is 0.416 e. The molecule has 1 aromatic rings. The van der Waals surface area contributed by atoms with Crippen LogP contribution in [0.3, 0.4) is 0 Å². The molecule has 0 saturated heterocycles. The maximum atomic E-state index is 12.9. The van der Waals surface area contributed by atoms with Crippen molar-refractivity contribution in [1.82, 2.24) is 0 Å². The first kappa shape index (κ1) is 14.2. The molecule has 0 bridgehead atoms. The zero-order valence-corrected chi connectivity index (χ0v) is 9.42. The van der Waals surface area contributed by atoms with Crippen molar-refractivity contribution < 1.29 is 27.1 Å². The highest BCUT2D eigenvalue weighted by atomic mass is 19.4. The highest BCUT2D eigenvalue weighted by molar-refractivity contribution is 5.72. The van der Waals surface area contributed by atoms with Crippen molar-refractivity contribution in [2.24, 2.45) is 0 Å². The van der Waals surface area contributed by atoms with Gasteiger partial charge < -0.3 is 4.74 Å². The first-order valence-electron chi connectivity index (χ1n) is 4.94. The Morgan fingerprint density at radius 1 is 1.39 bits per heavy atom. The summed E-state index contributed by atoms with van der Waals surface area (Å²) in [5, 5.41) is 0. The van der Waals surface area contributed by atoms with Crippen LogP contribution in [-0.2, 0) is 15.7 Å². The van der Waals surface area contributed by atoms with Crippen LogP contribution >= 0.6 is 0 Å². The van der Waals surface area contributed by atoms with Crippen molar-refractivity contribution >= 4 is 12.0 Å². The van der Waals surface area contributed by atoms with Crippen molar-refractivity contribution in [2.75, 3.05) is 7.11 Å². The fourth-order valence-electron chi connectivity index (χ4n) is 1.30. The third-order valence-corrected chi connectivity index (χ3v) is 2.13. The molecule has 1 aromatic carbocycles. The van der Waals surface area contributed by atoms with E-state index in [9.17, 15) is 22.4 Å². The van der Waals surface area contributed by atoms with Crippen molar-refractivity contribution in [2.45, 2.75) is 12.6 Å². The van der Waals surface area contributed by atoms with Crippen LogP contribution in [0.1, 0.15) is 17.5 Å². The van der Waals surface area contributed by atoms with Crippen LogP contribution in [0.2, 0.25) is 0 Å². The van der Waals surface area contributed by atoms with E-state index >= 15 is 0 Å². The third kappa shape index (κ3) is 3.87. The molecule has 0 N–H and O–H groups in total. The van der Waals surface area contributed by atoms with Gasteiger partial charge in [0.15, 0.2) is 0 Å². The molecule has 0 amide bonds. The zero-order valence-electron chi connectivity index (χ0n) is 9.42. The summed E-state index contributed by atoms with van der Waals surface area (Å²) < 4.78 is 55.0. The number of rotatable bonds is 3. The molecule has 0 saturated carbocycles. The second-order valence-corrected chi connectivity index (χ2v) is 3.41. The van der Waals surface area contributed by atoms with E-state index in [1.54, 1.807) is 0 Å². The number of carbonyl (C=O) groups excluding carboxylic acids is 1. The summed E-state index contributed by atoms with van der Waals surface area (Å²) in [6.45, 7) is 0. The highest BCUT2D eigenvalue weighted by Gasteiger charge is 2.32. The van der Waals surface area contributed by atoms with E-state index < -0.39 is 23.5 Å². The number of methoxy groups -OCH3 is 1. The minimum absolute atomic E-state index is 0.176. The molecule has 0 spiro atoms. The number of hydrogen-bond acceptors (Lipinski definition) is 2. The Kier molecular flexibility index (Phi) is 4.47. The number of esters is 1. The van der Waals surface area contributed by atoms with Crippen LogP contribution in [0.5, 0.6) is 0 Å². The predicted molar refractivity (Wildman–Crippen MR) is 57.1 cm³/mol. The summed E-state index contributed by atoms with van der Waals surface area (Å²) in [7, 11) is 1.17. The van der Waals surface area contributed by atoms with E-state index in [4.69, 9.17) is 0 Å². The van der Waals surface area contributed by atoms with E-state index in [1.807, 2.05) is 0 Å². The SMILES string of the molecule is COC(=O)CC=Cc1cc(F)ccc1C(F)(F)F. The van der Waals surface area contributed by atoms with E-state index in [0.29, 0.717) is 6.07 Å². The number of carbonyl (C=O) groups is 1. The molecule has 98 valence electrons. The molecule has 6 heteroatoms. The molecule has 0 fully saturated rings. The standard InChI is InChI=1S/C12H10F4O2/c1-18-11(17)4-2-3-8-7-9(13)5-6-10(8)12(14,15)16/h2-3,5-7H,4H2,1H3. The lowest BCUT2D eigenvalue weighted by Gasteiger charge is -2.10. The van der Waals surface area contributed by atoms with Crippen molar-refractivity contribution in [3.63, 3.8) is 0 Å². The summed E-state index contributed by atoms with van der Waals surface area (Å²) >= 11 is 0. The third-order valence-electron chi connectivity index (χ3n) is 2.13. The van der Waals surface area contributed by atoms with Gasteiger partial charge in [-0.1, -0.05) is 12.2 Å². The lowest BCUT2D eigenvalue weighted by molar-refractivity contribution is -0.139. The summed E-state index contributed by atoms with van der Waals surface area (Å²) in [6, 6.07) is 2.16. The van der Waals surface area contributed by atoms with E-state index in [0.717, 1.165) is 18.2 Å². The molecule has 0 heterocycles. The molecule has 18 heavy (non-hydrogen) atoms. The molecule has 0 atom stereocenters. The van der Waals surface area contributed by atoms with Gasteiger partial charge >= 0.3 is 12.1 Å². The first-order valence-corrected chi connectivity index (χ1v) is 4.94. The molecule has 0 aliphatic heterocycles. The van der Waals surface area contributed by atoms with Crippen LogP contribution < -0.4 is 0 Å². The predicted octanol–water partition coefficient (Wildman–Crippen LogP) is 3.42. The maximum Gasteiger partial charge on any atom is 0.416 e. The Morgan fingerprint density at radius 2 is 2.06 bits per heavy atom. The van der Waals surface area contributed by atoms with Gasteiger partial charge in [0.25, 0.3) is 0 Å². The largest absolute Gasteiger partial charge is 0.469 e. The number of ether oxygens (including phenoxy) is 1. The van der Waals surface area contributed by atoms with Gasteiger partial charge in [-0.25, -0.2) is 4.39 Å². The molecule has 0 radical (unpaired) electrons. The molecule has 0 aromatic heterocycles. The average molecular weight is 262 g/mol. The molecule has 0 unspecified atom stereocenters. The van der Waals surface area contributed by atoms with Crippen LogP contribution in [0.4, 0.5) is 17.6 Å². The fraction of sp³-hybridized carbons (Fsp3) is 0.250. The molecular formula is C12H10F4O2. The van der Waals surface area contributed by atoms with Gasteiger partial charge in [-0.3, -0.25) is 4.79 Å². The van der Waals surface area contributed by atoms with Crippen LogP contribution in [0.15, 0.2) is 24.3 Å². The lowest BCUT2D eigenvalue weighted by atomic mass is 10.1. The molecular weight excluding hydrogens is 252 g/mol. The quantitative estimate of drug-likeness (QED) is 0.616.